The smallest absolute Gasteiger partial charge is 0.263 e. The number of rotatable bonds is 8. The van der Waals surface area contributed by atoms with Gasteiger partial charge in [-0.15, -0.1) is 0 Å². The maximum Gasteiger partial charge on any atom is 0.263 e. The summed E-state index contributed by atoms with van der Waals surface area (Å²) in [6, 6.07) is 10.9. The zero-order chi connectivity index (χ0) is 23.4. The minimum Gasteiger partial charge on any atom is -0.497 e. The van der Waals surface area contributed by atoms with Gasteiger partial charge in [0.25, 0.3) is 11.5 Å². The third-order valence-corrected chi connectivity index (χ3v) is 6.03. The van der Waals surface area contributed by atoms with Crippen LogP contribution in [0.15, 0.2) is 41.2 Å². The van der Waals surface area contributed by atoms with E-state index in [1.807, 2.05) is 24.3 Å². The fourth-order valence-corrected chi connectivity index (χ4v) is 4.28. The molecule has 1 aliphatic rings. The first-order valence-corrected chi connectivity index (χ1v) is 11.4. The van der Waals surface area contributed by atoms with Crippen LogP contribution < -0.4 is 24.7 Å². The SMILES string of the molecule is CCCCCOc1c(OC)ccc2cc(C(=O)N3CCCc4cc(OC)ccc43)c(=O)[nH]c12. The Kier molecular flexibility index (Phi) is 6.87. The summed E-state index contributed by atoms with van der Waals surface area (Å²) in [5.74, 6) is 1.49. The van der Waals surface area contributed by atoms with Crippen molar-refractivity contribution in [3.05, 3.63) is 57.9 Å². The predicted molar refractivity (Wildman–Crippen MR) is 129 cm³/mol. The molecule has 1 aliphatic heterocycles. The number of unbranched alkanes of at least 4 members (excludes halogenated alkanes) is 2. The second-order valence-electron chi connectivity index (χ2n) is 8.18. The number of carbonyl (C=O) groups is 1. The lowest BCUT2D eigenvalue weighted by molar-refractivity contribution is 0.0983. The van der Waals surface area contributed by atoms with Gasteiger partial charge in [0.2, 0.25) is 0 Å². The van der Waals surface area contributed by atoms with E-state index in [2.05, 4.69) is 11.9 Å². The molecule has 2 heterocycles. The number of aryl methyl sites for hydroxylation is 1. The lowest BCUT2D eigenvalue weighted by Gasteiger charge is -2.29. The molecule has 2 aromatic carbocycles. The predicted octanol–water partition coefficient (Wildman–Crippen LogP) is 4.71. The highest BCUT2D eigenvalue weighted by molar-refractivity contribution is 6.08. The number of amides is 1. The molecule has 7 heteroatoms. The first-order chi connectivity index (χ1) is 16.1. The third kappa shape index (κ3) is 4.53. The van der Waals surface area contributed by atoms with Gasteiger partial charge >= 0.3 is 0 Å². The minimum atomic E-state index is -0.445. The van der Waals surface area contributed by atoms with Gasteiger partial charge in [0.05, 0.1) is 26.3 Å². The van der Waals surface area contributed by atoms with E-state index < -0.39 is 5.56 Å². The first kappa shape index (κ1) is 22.7. The molecule has 3 aromatic rings. The standard InChI is InChI=1S/C26H30N2O5/c1-4-5-6-14-33-24-22(32-3)12-9-18-16-20(25(29)27-23(18)24)26(30)28-13-7-8-17-15-19(31-2)10-11-21(17)28/h9-12,15-16H,4-8,13-14H2,1-3H3,(H,27,29). The number of carbonyl (C=O) groups excluding carboxylic acids is 1. The van der Waals surface area contributed by atoms with Crippen LogP contribution in [0.1, 0.15) is 48.5 Å². The molecule has 1 aromatic heterocycles. The van der Waals surface area contributed by atoms with Crippen molar-refractivity contribution in [1.29, 1.82) is 0 Å². The van der Waals surface area contributed by atoms with Crippen LogP contribution in [0.3, 0.4) is 0 Å². The van der Waals surface area contributed by atoms with Crippen LogP contribution in [-0.4, -0.2) is 38.3 Å². The second kappa shape index (κ2) is 9.98. The normalized spacial score (nSPS) is 13.0. The van der Waals surface area contributed by atoms with Crippen molar-refractivity contribution < 1.29 is 19.0 Å². The average molecular weight is 451 g/mol. The van der Waals surface area contributed by atoms with Crippen LogP contribution in [0.5, 0.6) is 17.2 Å². The largest absolute Gasteiger partial charge is 0.497 e. The summed E-state index contributed by atoms with van der Waals surface area (Å²) >= 11 is 0. The van der Waals surface area contributed by atoms with E-state index in [-0.39, 0.29) is 11.5 Å². The first-order valence-electron chi connectivity index (χ1n) is 11.4. The van der Waals surface area contributed by atoms with Crippen LogP contribution in [0.25, 0.3) is 10.9 Å². The quantitative estimate of drug-likeness (QED) is 0.503. The molecule has 0 spiro atoms. The van der Waals surface area contributed by atoms with E-state index in [1.54, 1.807) is 31.3 Å². The van der Waals surface area contributed by atoms with Gasteiger partial charge in [-0.3, -0.25) is 9.59 Å². The Labute approximate surface area is 193 Å². The van der Waals surface area contributed by atoms with Gasteiger partial charge in [-0.05, 0) is 61.2 Å². The number of hydrogen-bond acceptors (Lipinski definition) is 5. The number of anilines is 1. The molecule has 174 valence electrons. The van der Waals surface area contributed by atoms with E-state index in [0.717, 1.165) is 54.5 Å². The number of methoxy groups -OCH3 is 2. The van der Waals surface area contributed by atoms with Crippen LogP contribution in [0.4, 0.5) is 5.69 Å². The topological polar surface area (TPSA) is 80.9 Å². The Bertz CT molecular complexity index is 1220. The number of nitrogens with one attached hydrogen (secondary N) is 1. The number of aromatic amines is 1. The van der Waals surface area contributed by atoms with Crippen molar-refractivity contribution >= 4 is 22.5 Å². The number of hydrogen-bond donors (Lipinski definition) is 1. The summed E-state index contributed by atoms with van der Waals surface area (Å²) in [7, 11) is 3.19. The molecule has 0 bridgehead atoms. The molecule has 0 fully saturated rings. The van der Waals surface area contributed by atoms with Gasteiger partial charge in [0.15, 0.2) is 11.5 Å². The van der Waals surface area contributed by atoms with Crippen molar-refractivity contribution in [2.24, 2.45) is 0 Å². The zero-order valence-electron chi connectivity index (χ0n) is 19.4. The molecule has 4 rings (SSSR count). The lowest BCUT2D eigenvalue weighted by Crippen LogP contribution is -2.38. The molecule has 0 atom stereocenters. The van der Waals surface area contributed by atoms with Crippen LogP contribution in [-0.2, 0) is 6.42 Å². The highest BCUT2D eigenvalue weighted by atomic mass is 16.5. The second-order valence-corrected chi connectivity index (χ2v) is 8.18. The number of pyridine rings is 1. The van der Waals surface area contributed by atoms with E-state index in [9.17, 15) is 9.59 Å². The molecule has 0 saturated heterocycles. The summed E-state index contributed by atoms with van der Waals surface area (Å²) in [6.45, 7) is 3.22. The number of nitrogens with zero attached hydrogens (tertiary/aromatic N) is 1. The summed E-state index contributed by atoms with van der Waals surface area (Å²) < 4.78 is 16.7. The maximum atomic E-state index is 13.5. The molecule has 7 nitrogen and oxygen atoms in total. The number of fused-ring (bicyclic) bond motifs is 2. The van der Waals surface area contributed by atoms with E-state index in [1.165, 1.54) is 0 Å². The Hall–Kier alpha value is -3.48. The van der Waals surface area contributed by atoms with Gasteiger partial charge in [-0.2, -0.15) is 0 Å². The van der Waals surface area contributed by atoms with Gasteiger partial charge < -0.3 is 24.1 Å². The van der Waals surface area contributed by atoms with Crippen molar-refractivity contribution in [2.45, 2.75) is 39.0 Å². The van der Waals surface area contributed by atoms with E-state index in [0.29, 0.717) is 30.2 Å². The summed E-state index contributed by atoms with van der Waals surface area (Å²) in [5.41, 5.74) is 2.06. The Balaban J connectivity index is 1.70. The van der Waals surface area contributed by atoms with Gasteiger partial charge in [0.1, 0.15) is 11.3 Å². The van der Waals surface area contributed by atoms with Crippen molar-refractivity contribution in [2.75, 3.05) is 32.3 Å². The van der Waals surface area contributed by atoms with Crippen molar-refractivity contribution in [1.82, 2.24) is 4.98 Å². The molecular formula is C26H30N2O5. The molecule has 0 unspecified atom stereocenters. The molecule has 1 amide bonds. The Morgan fingerprint density at radius 2 is 1.94 bits per heavy atom. The molecular weight excluding hydrogens is 420 g/mol. The third-order valence-electron chi connectivity index (χ3n) is 6.03. The number of ether oxygens (including phenoxy) is 3. The molecule has 0 aliphatic carbocycles. The molecule has 33 heavy (non-hydrogen) atoms. The van der Waals surface area contributed by atoms with E-state index >= 15 is 0 Å². The highest BCUT2D eigenvalue weighted by Gasteiger charge is 2.26. The number of H-pyrrole nitrogens is 1. The molecule has 1 N–H and O–H groups in total. The monoisotopic (exact) mass is 450 g/mol. The minimum absolute atomic E-state index is 0.105. The Morgan fingerprint density at radius 1 is 1.09 bits per heavy atom. The lowest BCUT2D eigenvalue weighted by atomic mass is 10.00. The molecule has 0 saturated carbocycles. The summed E-state index contributed by atoms with van der Waals surface area (Å²) in [5, 5.41) is 0.719. The summed E-state index contributed by atoms with van der Waals surface area (Å²) in [6.07, 6.45) is 4.75. The number of benzene rings is 2. The zero-order valence-corrected chi connectivity index (χ0v) is 19.4. The van der Waals surface area contributed by atoms with E-state index in [4.69, 9.17) is 14.2 Å². The summed E-state index contributed by atoms with van der Waals surface area (Å²) in [4.78, 5) is 31.0. The van der Waals surface area contributed by atoms with Crippen LogP contribution in [0, 0.1) is 0 Å². The van der Waals surface area contributed by atoms with Crippen LogP contribution in [0.2, 0.25) is 0 Å². The van der Waals surface area contributed by atoms with Crippen LogP contribution >= 0.6 is 0 Å². The van der Waals surface area contributed by atoms with Crippen molar-refractivity contribution in [3.63, 3.8) is 0 Å². The van der Waals surface area contributed by atoms with Gasteiger partial charge in [-0.25, -0.2) is 0 Å². The average Bonchev–Trinajstić information content (AvgIpc) is 2.85. The molecule has 0 radical (unpaired) electrons. The number of aromatic nitrogens is 1. The maximum absolute atomic E-state index is 13.5. The highest BCUT2D eigenvalue weighted by Crippen LogP contribution is 2.35. The Morgan fingerprint density at radius 3 is 2.70 bits per heavy atom. The fourth-order valence-electron chi connectivity index (χ4n) is 4.28. The fraction of sp³-hybridized carbons (Fsp3) is 0.385. The van der Waals surface area contributed by atoms with Gasteiger partial charge in [-0.1, -0.05) is 19.8 Å². The van der Waals surface area contributed by atoms with Gasteiger partial charge in [0, 0.05) is 17.6 Å². The van der Waals surface area contributed by atoms with Crippen molar-refractivity contribution in [3.8, 4) is 17.2 Å².